The molecule has 0 bridgehead atoms. The Labute approximate surface area is 191 Å². The van der Waals surface area contributed by atoms with Gasteiger partial charge in [-0.2, -0.15) is 0 Å². The predicted molar refractivity (Wildman–Crippen MR) is 125 cm³/mol. The Morgan fingerprint density at radius 2 is 1.74 bits per heavy atom. The summed E-state index contributed by atoms with van der Waals surface area (Å²) in [6, 6.07) is 5.03. The minimum atomic E-state index is -0.274. The number of carbonyl (C=O) groups excluding carboxylic acids is 2. The van der Waals surface area contributed by atoms with E-state index in [0.717, 1.165) is 38.8 Å². The topological polar surface area (TPSA) is 70.7 Å². The lowest BCUT2D eigenvalue weighted by atomic mass is 9.95. The molecule has 3 unspecified atom stereocenters. The summed E-state index contributed by atoms with van der Waals surface area (Å²) in [5.74, 6) is -0.111. The Morgan fingerprint density at radius 1 is 1.10 bits per heavy atom. The molecular weight excluding hydrogens is 414 g/mol. The van der Waals surface area contributed by atoms with Gasteiger partial charge in [0.15, 0.2) is 0 Å². The fourth-order valence-corrected chi connectivity index (χ4v) is 5.04. The SMILES string of the molecule is CC1CN(C(C(=O)Nc2ccc(Cl)c(C(=O)NC3CCCCC3)c2)C(C)C)CC(C)O1. The van der Waals surface area contributed by atoms with Crippen molar-refractivity contribution in [2.45, 2.75) is 84.1 Å². The molecule has 1 aliphatic carbocycles. The number of rotatable bonds is 6. The molecule has 3 rings (SSSR count). The molecule has 1 aromatic rings. The second-order valence-electron chi connectivity index (χ2n) is 9.39. The maximum Gasteiger partial charge on any atom is 0.253 e. The van der Waals surface area contributed by atoms with Crippen molar-refractivity contribution in [1.82, 2.24) is 10.2 Å². The van der Waals surface area contributed by atoms with Gasteiger partial charge in [0, 0.05) is 24.8 Å². The molecule has 1 saturated carbocycles. The molecule has 172 valence electrons. The van der Waals surface area contributed by atoms with E-state index >= 15 is 0 Å². The van der Waals surface area contributed by atoms with Gasteiger partial charge in [0.25, 0.3) is 5.91 Å². The third-order valence-electron chi connectivity index (χ3n) is 6.16. The summed E-state index contributed by atoms with van der Waals surface area (Å²) >= 11 is 6.32. The van der Waals surface area contributed by atoms with Crippen LogP contribution in [0.3, 0.4) is 0 Å². The van der Waals surface area contributed by atoms with Gasteiger partial charge in [0.05, 0.1) is 28.8 Å². The molecule has 2 N–H and O–H groups in total. The van der Waals surface area contributed by atoms with Crippen LogP contribution in [-0.4, -0.2) is 54.1 Å². The van der Waals surface area contributed by atoms with Gasteiger partial charge >= 0.3 is 0 Å². The van der Waals surface area contributed by atoms with Crippen LogP contribution in [-0.2, 0) is 9.53 Å². The maximum atomic E-state index is 13.2. The summed E-state index contributed by atoms with van der Waals surface area (Å²) in [5, 5.41) is 6.51. The van der Waals surface area contributed by atoms with E-state index in [0.29, 0.717) is 16.3 Å². The Kier molecular flexibility index (Phi) is 8.36. The Morgan fingerprint density at radius 3 is 2.35 bits per heavy atom. The Balaban J connectivity index is 1.71. The van der Waals surface area contributed by atoms with Crippen molar-refractivity contribution >= 4 is 29.1 Å². The van der Waals surface area contributed by atoms with Gasteiger partial charge < -0.3 is 15.4 Å². The molecule has 31 heavy (non-hydrogen) atoms. The first-order valence-electron chi connectivity index (χ1n) is 11.6. The van der Waals surface area contributed by atoms with Crippen molar-refractivity contribution in [1.29, 1.82) is 0 Å². The molecule has 3 atom stereocenters. The van der Waals surface area contributed by atoms with Crippen molar-refractivity contribution in [2.75, 3.05) is 18.4 Å². The highest BCUT2D eigenvalue weighted by Crippen LogP contribution is 2.24. The van der Waals surface area contributed by atoms with Gasteiger partial charge in [-0.15, -0.1) is 0 Å². The number of halogens is 1. The molecule has 0 radical (unpaired) electrons. The quantitative estimate of drug-likeness (QED) is 0.671. The predicted octanol–water partition coefficient (Wildman–Crippen LogP) is 4.47. The van der Waals surface area contributed by atoms with Crippen LogP contribution in [0.25, 0.3) is 0 Å². The first-order valence-corrected chi connectivity index (χ1v) is 11.9. The van der Waals surface area contributed by atoms with Crippen molar-refractivity contribution in [2.24, 2.45) is 5.92 Å². The van der Waals surface area contributed by atoms with E-state index in [1.54, 1.807) is 18.2 Å². The summed E-state index contributed by atoms with van der Waals surface area (Å²) in [6.45, 7) is 9.62. The number of nitrogens with zero attached hydrogens (tertiary/aromatic N) is 1. The fourth-order valence-electron chi connectivity index (χ4n) is 4.84. The van der Waals surface area contributed by atoms with Gasteiger partial charge in [0.2, 0.25) is 5.91 Å². The van der Waals surface area contributed by atoms with Crippen LogP contribution in [0.2, 0.25) is 5.02 Å². The summed E-state index contributed by atoms with van der Waals surface area (Å²) in [5.41, 5.74) is 0.989. The van der Waals surface area contributed by atoms with Crippen LogP contribution in [0, 0.1) is 5.92 Å². The third-order valence-corrected chi connectivity index (χ3v) is 6.49. The summed E-state index contributed by atoms with van der Waals surface area (Å²) < 4.78 is 5.83. The highest BCUT2D eigenvalue weighted by atomic mass is 35.5. The summed E-state index contributed by atoms with van der Waals surface area (Å²) in [7, 11) is 0. The largest absolute Gasteiger partial charge is 0.373 e. The van der Waals surface area contributed by atoms with E-state index in [-0.39, 0.29) is 42.0 Å². The molecular formula is C24H36ClN3O3. The van der Waals surface area contributed by atoms with E-state index in [1.807, 2.05) is 13.8 Å². The number of nitrogens with one attached hydrogen (secondary N) is 2. The number of amides is 2. The second-order valence-corrected chi connectivity index (χ2v) is 9.80. The van der Waals surface area contributed by atoms with Crippen molar-refractivity contribution in [3.63, 3.8) is 0 Å². The molecule has 2 amide bonds. The average molecular weight is 450 g/mol. The monoisotopic (exact) mass is 449 g/mol. The van der Waals surface area contributed by atoms with Gasteiger partial charge in [0.1, 0.15) is 0 Å². The Bertz CT molecular complexity index is 769. The van der Waals surface area contributed by atoms with Crippen LogP contribution in [0.5, 0.6) is 0 Å². The van der Waals surface area contributed by atoms with Gasteiger partial charge in [-0.05, 0) is 50.8 Å². The lowest BCUT2D eigenvalue weighted by Gasteiger charge is -2.41. The Hall–Kier alpha value is -1.63. The number of morpholine rings is 1. The number of ether oxygens (including phenoxy) is 1. The zero-order chi connectivity index (χ0) is 22.5. The summed E-state index contributed by atoms with van der Waals surface area (Å²) in [6.07, 6.45) is 5.70. The lowest BCUT2D eigenvalue weighted by molar-refractivity contribution is -0.130. The standard InChI is InChI=1S/C24H36ClN3O3/c1-15(2)22(28-13-16(3)31-17(4)14-28)24(30)27-19-10-11-21(25)20(12-19)23(29)26-18-8-6-5-7-9-18/h10-12,15-18,22H,5-9,13-14H2,1-4H3,(H,26,29)(H,27,30). The molecule has 7 heteroatoms. The van der Waals surface area contributed by atoms with E-state index in [1.165, 1.54) is 6.42 Å². The van der Waals surface area contributed by atoms with E-state index in [2.05, 4.69) is 29.4 Å². The molecule has 1 aliphatic heterocycles. The zero-order valence-electron chi connectivity index (χ0n) is 19.1. The first kappa shape index (κ1) is 24.0. The molecule has 1 aromatic carbocycles. The van der Waals surface area contributed by atoms with Gasteiger partial charge in [-0.25, -0.2) is 0 Å². The van der Waals surface area contributed by atoms with Crippen molar-refractivity contribution < 1.29 is 14.3 Å². The van der Waals surface area contributed by atoms with Crippen LogP contribution in [0.1, 0.15) is 70.2 Å². The van der Waals surface area contributed by atoms with E-state index in [4.69, 9.17) is 16.3 Å². The van der Waals surface area contributed by atoms with Gasteiger partial charge in [-0.1, -0.05) is 44.7 Å². The minimum Gasteiger partial charge on any atom is -0.373 e. The van der Waals surface area contributed by atoms with E-state index in [9.17, 15) is 9.59 Å². The smallest absolute Gasteiger partial charge is 0.253 e. The third kappa shape index (κ3) is 6.43. The van der Waals surface area contributed by atoms with Crippen LogP contribution >= 0.6 is 11.6 Å². The lowest BCUT2D eigenvalue weighted by Crippen LogP contribution is -2.55. The summed E-state index contributed by atoms with van der Waals surface area (Å²) in [4.78, 5) is 28.2. The highest BCUT2D eigenvalue weighted by Gasteiger charge is 2.34. The number of anilines is 1. The van der Waals surface area contributed by atoms with Crippen molar-refractivity contribution in [3.05, 3.63) is 28.8 Å². The average Bonchev–Trinajstić information content (AvgIpc) is 2.69. The number of hydrogen-bond donors (Lipinski definition) is 2. The van der Waals surface area contributed by atoms with Crippen LogP contribution < -0.4 is 10.6 Å². The second kappa shape index (κ2) is 10.8. The number of benzene rings is 1. The fraction of sp³-hybridized carbons (Fsp3) is 0.667. The zero-order valence-corrected chi connectivity index (χ0v) is 19.9. The molecule has 2 aliphatic rings. The number of hydrogen-bond acceptors (Lipinski definition) is 4. The van der Waals surface area contributed by atoms with Crippen LogP contribution in [0.4, 0.5) is 5.69 Å². The van der Waals surface area contributed by atoms with Crippen LogP contribution in [0.15, 0.2) is 18.2 Å². The molecule has 1 heterocycles. The minimum absolute atomic E-state index is 0.0720. The molecule has 6 nitrogen and oxygen atoms in total. The molecule has 2 fully saturated rings. The molecule has 1 saturated heterocycles. The highest BCUT2D eigenvalue weighted by molar-refractivity contribution is 6.34. The number of carbonyl (C=O) groups is 2. The maximum absolute atomic E-state index is 13.2. The van der Waals surface area contributed by atoms with Gasteiger partial charge in [-0.3, -0.25) is 14.5 Å². The molecule has 0 spiro atoms. The normalized spacial score (nSPS) is 24.1. The molecule has 0 aromatic heterocycles. The van der Waals surface area contributed by atoms with E-state index < -0.39 is 0 Å². The van der Waals surface area contributed by atoms with Crippen molar-refractivity contribution in [3.8, 4) is 0 Å². The first-order chi connectivity index (χ1) is 14.7.